The van der Waals surface area contributed by atoms with E-state index in [1.165, 1.54) is 16.7 Å². The summed E-state index contributed by atoms with van der Waals surface area (Å²) >= 11 is 6.53. The van der Waals surface area contributed by atoms with E-state index in [4.69, 9.17) is 17.0 Å². The molecule has 1 rings (SSSR count). The lowest BCUT2D eigenvalue weighted by atomic mass is 10.2. The average molecular weight is 290 g/mol. The van der Waals surface area contributed by atoms with Crippen molar-refractivity contribution in [1.82, 2.24) is 10.2 Å². The van der Waals surface area contributed by atoms with Crippen LogP contribution in [0.5, 0.6) is 0 Å². The molecule has 0 aromatic heterocycles. The normalized spacial score (nSPS) is 17.6. The predicted octanol–water partition coefficient (Wildman–Crippen LogP) is 1.76. The summed E-state index contributed by atoms with van der Waals surface area (Å²) in [6.07, 6.45) is -0.596. The molecule has 1 N–H and O–H groups in total. The second-order valence-corrected chi connectivity index (χ2v) is 6.70. The Hall–Kier alpha value is -0.820. The fraction of sp³-hybridized carbons (Fsp3) is 0.727. The zero-order valence-corrected chi connectivity index (χ0v) is 12.6. The minimum atomic E-state index is -0.642. The first-order valence-corrected chi connectivity index (χ1v) is 7.08. The molecule has 0 bridgehead atoms. The van der Waals surface area contributed by atoms with Crippen molar-refractivity contribution in [2.24, 2.45) is 0 Å². The Labute approximate surface area is 117 Å². The van der Waals surface area contributed by atoms with Gasteiger partial charge in [0.25, 0.3) is 0 Å². The third kappa shape index (κ3) is 4.45. The van der Waals surface area contributed by atoms with Crippen molar-refractivity contribution in [1.29, 1.82) is 0 Å². The third-order valence-corrected chi connectivity index (χ3v) is 3.56. The number of hydrogen-bond donors (Lipinski definition) is 1. The van der Waals surface area contributed by atoms with Gasteiger partial charge in [0, 0.05) is 12.3 Å². The fourth-order valence-electron chi connectivity index (χ4n) is 1.37. The molecule has 1 aliphatic rings. The smallest absolute Gasteiger partial charge is 0.408 e. The van der Waals surface area contributed by atoms with Crippen LogP contribution in [0, 0.1) is 0 Å². The second-order valence-electron chi connectivity index (χ2n) is 4.97. The first kappa shape index (κ1) is 15.2. The van der Waals surface area contributed by atoms with Crippen LogP contribution in [-0.2, 0) is 9.53 Å². The number of ether oxygens (including phenoxy) is 1. The molecule has 1 aliphatic heterocycles. The van der Waals surface area contributed by atoms with E-state index in [0.717, 1.165) is 5.75 Å². The highest BCUT2D eigenvalue weighted by Gasteiger charge is 2.29. The molecule has 0 radical (unpaired) electrons. The van der Waals surface area contributed by atoms with E-state index in [2.05, 4.69) is 5.32 Å². The van der Waals surface area contributed by atoms with Crippen LogP contribution in [0.2, 0.25) is 0 Å². The number of rotatable bonds is 2. The number of hydrogen-bond acceptors (Lipinski definition) is 5. The molecule has 5 nitrogen and oxygen atoms in total. The van der Waals surface area contributed by atoms with Crippen molar-refractivity contribution in [2.75, 3.05) is 12.3 Å². The molecule has 0 aliphatic carbocycles. The van der Waals surface area contributed by atoms with Crippen LogP contribution in [0.3, 0.4) is 0 Å². The van der Waals surface area contributed by atoms with Crippen LogP contribution in [0.1, 0.15) is 27.7 Å². The topological polar surface area (TPSA) is 58.6 Å². The lowest BCUT2D eigenvalue weighted by Gasteiger charge is -2.23. The Kier molecular flexibility index (Phi) is 4.98. The molecular formula is C11H18N2O3S2. The van der Waals surface area contributed by atoms with Crippen LogP contribution in [0.25, 0.3) is 0 Å². The highest BCUT2D eigenvalue weighted by molar-refractivity contribution is 8.23. The molecule has 7 heteroatoms. The summed E-state index contributed by atoms with van der Waals surface area (Å²) in [6, 6.07) is -0.642. The Morgan fingerprint density at radius 2 is 2.11 bits per heavy atom. The number of alkyl carbamates (subject to hydrolysis) is 1. The summed E-state index contributed by atoms with van der Waals surface area (Å²) < 4.78 is 5.66. The van der Waals surface area contributed by atoms with E-state index in [0.29, 0.717) is 10.9 Å². The van der Waals surface area contributed by atoms with Crippen molar-refractivity contribution in [3.8, 4) is 0 Å². The molecule has 18 heavy (non-hydrogen) atoms. The van der Waals surface area contributed by atoms with Gasteiger partial charge in [-0.05, 0) is 27.7 Å². The number of amides is 2. The molecule has 102 valence electrons. The molecular weight excluding hydrogens is 272 g/mol. The van der Waals surface area contributed by atoms with Gasteiger partial charge in [0.15, 0.2) is 0 Å². The molecule has 1 fully saturated rings. The number of thiocarbonyl (C=S) groups is 1. The monoisotopic (exact) mass is 290 g/mol. The summed E-state index contributed by atoms with van der Waals surface area (Å²) in [6.45, 7) is 7.53. The van der Waals surface area contributed by atoms with Crippen molar-refractivity contribution in [3.05, 3.63) is 0 Å². The first-order valence-electron chi connectivity index (χ1n) is 5.68. The van der Waals surface area contributed by atoms with Gasteiger partial charge in [0.2, 0.25) is 5.91 Å². The van der Waals surface area contributed by atoms with Crippen molar-refractivity contribution < 1.29 is 14.3 Å². The fourth-order valence-corrected chi connectivity index (χ4v) is 2.59. The lowest BCUT2D eigenvalue weighted by molar-refractivity contribution is -0.128. The van der Waals surface area contributed by atoms with E-state index in [1.807, 2.05) is 0 Å². The van der Waals surface area contributed by atoms with Gasteiger partial charge >= 0.3 is 6.09 Å². The summed E-state index contributed by atoms with van der Waals surface area (Å²) in [5, 5.41) is 2.51. The van der Waals surface area contributed by atoms with Gasteiger partial charge in [0.1, 0.15) is 16.0 Å². The molecule has 0 saturated carbocycles. The van der Waals surface area contributed by atoms with E-state index in [1.54, 1.807) is 27.7 Å². The minimum absolute atomic E-state index is 0.198. The molecule has 0 aromatic rings. The lowest BCUT2D eigenvalue weighted by Crippen LogP contribution is -2.48. The van der Waals surface area contributed by atoms with Crippen LogP contribution < -0.4 is 5.32 Å². The number of nitrogens with one attached hydrogen (secondary N) is 1. The largest absolute Gasteiger partial charge is 0.444 e. The number of thioether (sulfide) groups is 1. The van der Waals surface area contributed by atoms with Gasteiger partial charge in [-0.25, -0.2) is 4.79 Å². The van der Waals surface area contributed by atoms with E-state index in [-0.39, 0.29) is 5.91 Å². The maximum atomic E-state index is 12.0. The van der Waals surface area contributed by atoms with Crippen LogP contribution in [0.15, 0.2) is 0 Å². The number of carbonyl (C=O) groups is 2. The van der Waals surface area contributed by atoms with Gasteiger partial charge in [-0.1, -0.05) is 24.0 Å². The quantitative estimate of drug-likeness (QED) is 0.785. The van der Waals surface area contributed by atoms with E-state index in [9.17, 15) is 9.59 Å². The minimum Gasteiger partial charge on any atom is -0.444 e. The highest BCUT2D eigenvalue weighted by atomic mass is 32.2. The first-order chi connectivity index (χ1) is 8.20. The molecule has 2 amide bonds. The standard InChI is InChI=1S/C11H18N2O3S2/c1-7(12-9(15)16-11(2,3)4)8(14)13-5-6-18-10(13)17/h7H,5-6H2,1-4H3,(H,12,15). The number of carbonyl (C=O) groups excluding carboxylic acids is 2. The van der Waals surface area contributed by atoms with E-state index < -0.39 is 17.7 Å². The highest BCUT2D eigenvalue weighted by Crippen LogP contribution is 2.18. The Morgan fingerprint density at radius 3 is 2.56 bits per heavy atom. The van der Waals surface area contributed by atoms with Crippen molar-refractivity contribution >= 4 is 40.3 Å². The molecule has 1 heterocycles. The van der Waals surface area contributed by atoms with Crippen LogP contribution in [-0.4, -0.2) is 45.2 Å². The number of nitrogens with zero attached hydrogens (tertiary/aromatic N) is 1. The van der Waals surface area contributed by atoms with Crippen LogP contribution >= 0.6 is 24.0 Å². The zero-order chi connectivity index (χ0) is 13.9. The molecule has 1 atom stereocenters. The van der Waals surface area contributed by atoms with Crippen LogP contribution in [0.4, 0.5) is 4.79 Å². The molecule has 1 saturated heterocycles. The van der Waals surface area contributed by atoms with Gasteiger partial charge in [-0.2, -0.15) is 0 Å². The van der Waals surface area contributed by atoms with Gasteiger partial charge < -0.3 is 10.1 Å². The average Bonchev–Trinajstić information content (AvgIpc) is 2.60. The summed E-state index contributed by atoms with van der Waals surface area (Å²) in [5.41, 5.74) is -0.578. The predicted molar refractivity (Wildman–Crippen MR) is 75.6 cm³/mol. The molecule has 1 unspecified atom stereocenters. The van der Waals surface area contributed by atoms with Gasteiger partial charge in [-0.3, -0.25) is 9.69 Å². The third-order valence-electron chi connectivity index (χ3n) is 2.13. The SMILES string of the molecule is CC(NC(=O)OC(C)(C)C)C(=O)N1CCSC1=S. The Morgan fingerprint density at radius 1 is 1.50 bits per heavy atom. The Balaban J connectivity index is 2.50. The summed E-state index contributed by atoms with van der Waals surface area (Å²) in [7, 11) is 0. The van der Waals surface area contributed by atoms with Crippen molar-refractivity contribution in [2.45, 2.75) is 39.3 Å². The Bertz CT molecular complexity index is 366. The second kappa shape index (κ2) is 5.88. The summed E-state index contributed by atoms with van der Waals surface area (Å²) in [4.78, 5) is 25.1. The maximum Gasteiger partial charge on any atom is 0.408 e. The zero-order valence-electron chi connectivity index (χ0n) is 11.0. The molecule has 0 spiro atoms. The van der Waals surface area contributed by atoms with Gasteiger partial charge in [-0.15, -0.1) is 0 Å². The maximum absolute atomic E-state index is 12.0. The van der Waals surface area contributed by atoms with E-state index >= 15 is 0 Å². The summed E-state index contributed by atoms with van der Waals surface area (Å²) in [5.74, 6) is 0.611. The van der Waals surface area contributed by atoms with Gasteiger partial charge in [0.05, 0.1) is 0 Å². The van der Waals surface area contributed by atoms with Crippen molar-refractivity contribution in [3.63, 3.8) is 0 Å². The molecule has 0 aromatic carbocycles.